The van der Waals surface area contributed by atoms with Crippen molar-refractivity contribution in [1.29, 1.82) is 0 Å². The van der Waals surface area contributed by atoms with Crippen LogP contribution in [-0.2, 0) is 0 Å². The lowest BCUT2D eigenvalue weighted by atomic mass is 10.5. The summed E-state index contributed by atoms with van der Waals surface area (Å²) < 4.78 is 1.53. The van der Waals surface area contributed by atoms with Gasteiger partial charge in [-0.3, -0.25) is 9.36 Å². The van der Waals surface area contributed by atoms with Gasteiger partial charge in [-0.2, -0.15) is 0 Å². The topological polar surface area (TPSA) is 22.0 Å². The second kappa shape index (κ2) is 3.01. The molecule has 0 amide bonds. The minimum atomic E-state index is 0.000556. The van der Waals surface area contributed by atoms with Gasteiger partial charge in [-0.1, -0.05) is 12.1 Å². The van der Waals surface area contributed by atoms with Crippen molar-refractivity contribution >= 4 is 6.20 Å². The number of allylic oxidation sites excluding steroid dienone is 1. The molecule has 0 fully saturated rings. The third-order valence-corrected chi connectivity index (χ3v) is 1.16. The van der Waals surface area contributed by atoms with Crippen LogP contribution in [0, 0.1) is 0 Å². The van der Waals surface area contributed by atoms with Crippen molar-refractivity contribution in [3.8, 4) is 0 Å². The molecule has 0 aliphatic heterocycles. The second-order valence-electron chi connectivity index (χ2n) is 1.93. The highest BCUT2D eigenvalue weighted by Gasteiger charge is 1.83. The van der Waals surface area contributed by atoms with E-state index in [0.29, 0.717) is 0 Å². The van der Waals surface area contributed by atoms with Crippen LogP contribution >= 0.6 is 0 Å². The Morgan fingerprint density at radius 2 is 2.30 bits per heavy atom. The molecule has 0 aliphatic carbocycles. The zero-order valence-corrected chi connectivity index (χ0v) is 5.82. The highest BCUT2D eigenvalue weighted by molar-refractivity contribution is 5.21. The van der Waals surface area contributed by atoms with Crippen LogP contribution in [0.25, 0.3) is 6.20 Å². The summed E-state index contributed by atoms with van der Waals surface area (Å²) in [6, 6.07) is 5.07. The van der Waals surface area contributed by atoms with Crippen molar-refractivity contribution in [2.24, 2.45) is 0 Å². The fourth-order valence-corrected chi connectivity index (χ4v) is 0.724. The zero-order valence-electron chi connectivity index (χ0n) is 5.82. The summed E-state index contributed by atoms with van der Waals surface area (Å²) in [5.74, 6) is 0. The molecule has 0 radical (unpaired) electrons. The Morgan fingerprint density at radius 3 is 2.90 bits per heavy atom. The lowest BCUT2D eigenvalue weighted by Gasteiger charge is -1.92. The van der Waals surface area contributed by atoms with Crippen LogP contribution in [-0.4, -0.2) is 4.57 Å². The maximum absolute atomic E-state index is 10.9. The first kappa shape index (κ1) is 6.81. The molecule has 0 atom stereocenters. The molecule has 0 N–H and O–H groups in total. The third-order valence-electron chi connectivity index (χ3n) is 1.16. The van der Waals surface area contributed by atoms with Gasteiger partial charge < -0.3 is 0 Å². The first-order valence-corrected chi connectivity index (χ1v) is 3.14. The van der Waals surface area contributed by atoms with Crippen molar-refractivity contribution in [3.05, 3.63) is 40.8 Å². The molecule has 0 saturated heterocycles. The van der Waals surface area contributed by atoms with E-state index in [0.717, 1.165) is 0 Å². The summed E-state index contributed by atoms with van der Waals surface area (Å²) in [5, 5.41) is 0. The minimum absolute atomic E-state index is 0.000556. The Balaban J connectivity index is 3.16. The first-order valence-electron chi connectivity index (χ1n) is 3.14. The van der Waals surface area contributed by atoms with Crippen LogP contribution in [0.3, 0.4) is 0 Å². The summed E-state index contributed by atoms with van der Waals surface area (Å²) >= 11 is 0. The van der Waals surface area contributed by atoms with E-state index in [1.54, 1.807) is 18.5 Å². The average molecular weight is 135 g/mol. The van der Waals surface area contributed by atoms with E-state index < -0.39 is 0 Å². The molecule has 2 nitrogen and oxygen atoms in total. The van der Waals surface area contributed by atoms with Crippen molar-refractivity contribution < 1.29 is 0 Å². The predicted octanol–water partition coefficient (Wildman–Crippen LogP) is 1.34. The SMILES string of the molecule is CC=Cn1ccccc1=O. The van der Waals surface area contributed by atoms with Crippen molar-refractivity contribution in [2.45, 2.75) is 6.92 Å². The van der Waals surface area contributed by atoms with E-state index in [2.05, 4.69) is 0 Å². The summed E-state index contributed by atoms with van der Waals surface area (Å²) in [6.07, 6.45) is 5.27. The van der Waals surface area contributed by atoms with Crippen LogP contribution in [0.2, 0.25) is 0 Å². The standard InChI is InChI=1S/C8H9NO/c1-2-6-9-7-4-3-5-8(9)10/h2-7H,1H3. The average Bonchev–Trinajstić information content (AvgIpc) is 1.94. The van der Waals surface area contributed by atoms with Gasteiger partial charge in [0.1, 0.15) is 0 Å². The molecule has 1 rings (SSSR count). The quantitative estimate of drug-likeness (QED) is 0.569. The number of hydrogen-bond donors (Lipinski definition) is 0. The Bertz CT molecular complexity index is 285. The van der Waals surface area contributed by atoms with Crippen LogP contribution in [0.1, 0.15) is 6.92 Å². The minimum Gasteiger partial charge on any atom is -0.291 e. The number of hydrogen-bond acceptors (Lipinski definition) is 1. The summed E-state index contributed by atoms with van der Waals surface area (Å²) in [6.45, 7) is 1.87. The van der Waals surface area contributed by atoms with E-state index in [1.165, 1.54) is 10.6 Å². The smallest absolute Gasteiger partial charge is 0.254 e. The van der Waals surface area contributed by atoms with Crippen molar-refractivity contribution in [2.75, 3.05) is 0 Å². The normalized spacial score (nSPS) is 10.5. The van der Waals surface area contributed by atoms with Crippen LogP contribution in [0.4, 0.5) is 0 Å². The zero-order chi connectivity index (χ0) is 7.40. The Labute approximate surface area is 59.4 Å². The molecule has 0 spiro atoms. The third kappa shape index (κ3) is 1.35. The fourth-order valence-electron chi connectivity index (χ4n) is 0.724. The van der Waals surface area contributed by atoms with Crippen molar-refractivity contribution in [1.82, 2.24) is 4.57 Å². The Morgan fingerprint density at radius 1 is 1.50 bits per heavy atom. The van der Waals surface area contributed by atoms with E-state index in [4.69, 9.17) is 0 Å². The molecule has 2 heteroatoms. The fraction of sp³-hybridized carbons (Fsp3) is 0.125. The summed E-state index contributed by atoms with van der Waals surface area (Å²) in [7, 11) is 0. The monoisotopic (exact) mass is 135 g/mol. The second-order valence-corrected chi connectivity index (χ2v) is 1.93. The van der Waals surface area contributed by atoms with Crippen LogP contribution in [0.5, 0.6) is 0 Å². The number of rotatable bonds is 1. The van der Waals surface area contributed by atoms with Gasteiger partial charge in [-0.15, -0.1) is 0 Å². The highest BCUT2D eigenvalue weighted by Crippen LogP contribution is 1.81. The van der Waals surface area contributed by atoms with Gasteiger partial charge in [0.05, 0.1) is 0 Å². The molecule has 0 aliphatic rings. The van der Waals surface area contributed by atoms with Gasteiger partial charge in [0, 0.05) is 18.5 Å². The number of nitrogens with zero attached hydrogens (tertiary/aromatic N) is 1. The Kier molecular flexibility index (Phi) is 2.05. The molecule has 0 saturated carbocycles. The van der Waals surface area contributed by atoms with E-state index in [9.17, 15) is 4.79 Å². The molecule has 0 bridgehead atoms. The van der Waals surface area contributed by atoms with Crippen molar-refractivity contribution in [3.63, 3.8) is 0 Å². The maximum Gasteiger partial charge on any atom is 0.254 e. The predicted molar refractivity (Wildman–Crippen MR) is 41.7 cm³/mol. The van der Waals surface area contributed by atoms with Crippen LogP contribution in [0.15, 0.2) is 35.3 Å². The largest absolute Gasteiger partial charge is 0.291 e. The van der Waals surface area contributed by atoms with Gasteiger partial charge in [0.15, 0.2) is 0 Å². The maximum atomic E-state index is 10.9. The first-order chi connectivity index (χ1) is 4.84. The molecular weight excluding hydrogens is 126 g/mol. The van der Waals surface area contributed by atoms with E-state index in [-0.39, 0.29) is 5.56 Å². The lowest BCUT2D eigenvalue weighted by molar-refractivity contribution is 1.06. The van der Waals surface area contributed by atoms with Gasteiger partial charge in [-0.25, -0.2) is 0 Å². The molecule has 0 unspecified atom stereocenters. The van der Waals surface area contributed by atoms with E-state index >= 15 is 0 Å². The molecule has 52 valence electrons. The van der Waals surface area contributed by atoms with Gasteiger partial charge >= 0.3 is 0 Å². The summed E-state index contributed by atoms with van der Waals surface area (Å²) in [4.78, 5) is 10.9. The molecule has 1 heterocycles. The number of aromatic nitrogens is 1. The van der Waals surface area contributed by atoms with Gasteiger partial charge in [-0.05, 0) is 13.0 Å². The molecular formula is C8H9NO. The molecule has 1 aromatic rings. The lowest BCUT2D eigenvalue weighted by Crippen LogP contribution is -2.11. The van der Waals surface area contributed by atoms with E-state index in [1.807, 2.05) is 19.1 Å². The van der Waals surface area contributed by atoms with Gasteiger partial charge in [0.2, 0.25) is 0 Å². The number of pyridine rings is 1. The Hall–Kier alpha value is -1.31. The van der Waals surface area contributed by atoms with Crippen LogP contribution < -0.4 is 5.56 Å². The van der Waals surface area contributed by atoms with Gasteiger partial charge in [0.25, 0.3) is 5.56 Å². The molecule has 0 aromatic carbocycles. The highest BCUT2D eigenvalue weighted by atomic mass is 16.1. The molecule has 1 aromatic heterocycles. The summed E-state index contributed by atoms with van der Waals surface area (Å²) in [5.41, 5.74) is 0.000556. The molecule has 10 heavy (non-hydrogen) atoms.